The Balaban J connectivity index is 2.72. The van der Waals surface area contributed by atoms with Gasteiger partial charge in [0.15, 0.2) is 11.5 Å². The van der Waals surface area contributed by atoms with Crippen LogP contribution in [0.5, 0.6) is 11.5 Å². The molecule has 0 saturated carbocycles. The molecule has 0 atom stereocenters. The average Bonchev–Trinajstić information content (AvgIpc) is 2.50. The third-order valence-electron chi connectivity index (χ3n) is 2.81. The van der Waals surface area contributed by atoms with Crippen molar-refractivity contribution in [3.05, 3.63) is 23.8 Å². The monoisotopic (exact) mass is 291 g/mol. The second-order valence-corrected chi connectivity index (χ2v) is 4.37. The van der Waals surface area contributed by atoms with Gasteiger partial charge in [-0.3, -0.25) is 0 Å². The van der Waals surface area contributed by atoms with Crippen LogP contribution >= 0.6 is 0 Å². The smallest absolute Gasteiger partial charge is 0.165 e. The summed E-state index contributed by atoms with van der Waals surface area (Å²) >= 11 is 0. The standard InChI is InChI=1S/C17H25NO3/c1-4-6-7-12-21-17-15(14-18-11-13-19-3)9-8-10-16(17)20-5-2/h8-10,18H,5,7,11-14H2,1-3H3. The summed E-state index contributed by atoms with van der Waals surface area (Å²) in [5, 5.41) is 3.33. The first kappa shape index (κ1) is 17.4. The highest BCUT2D eigenvalue weighted by Gasteiger charge is 2.10. The SMILES string of the molecule is CC#CCCOc1c(CNCCOC)cccc1OCC. The first-order chi connectivity index (χ1) is 10.3. The van der Waals surface area contributed by atoms with Crippen molar-refractivity contribution in [1.82, 2.24) is 5.32 Å². The Morgan fingerprint density at radius 1 is 1.19 bits per heavy atom. The summed E-state index contributed by atoms with van der Waals surface area (Å²) < 4.78 is 16.6. The van der Waals surface area contributed by atoms with E-state index in [1.54, 1.807) is 7.11 Å². The van der Waals surface area contributed by atoms with Crippen molar-refractivity contribution in [3.63, 3.8) is 0 Å². The minimum absolute atomic E-state index is 0.565. The Morgan fingerprint density at radius 2 is 2.05 bits per heavy atom. The molecule has 0 heterocycles. The van der Waals surface area contributed by atoms with E-state index in [1.165, 1.54) is 0 Å². The number of benzene rings is 1. The van der Waals surface area contributed by atoms with E-state index in [9.17, 15) is 0 Å². The summed E-state index contributed by atoms with van der Waals surface area (Å²) in [7, 11) is 1.70. The Morgan fingerprint density at radius 3 is 2.76 bits per heavy atom. The molecular weight excluding hydrogens is 266 g/mol. The maximum atomic E-state index is 5.88. The third-order valence-corrected chi connectivity index (χ3v) is 2.81. The van der Waals surface area contributed by atoms with Gasteiger partial charge >= 0.3 is 0 Å². The number of rotatable bonds is 10. The second-order valence-electron chi connectivity index (χ2n) is 4.37. The van der Waals surface area contributed by atoms with E-state index in [2.05, 4.69) is 17.2 Å². The van der Waals surface area contributed by atoms with Crippen molar-refractivity contribution in [2.75, 3.05) is 33.5 Å². The summed E-state index contributed by atoms with van der Waals surface area (Å²) in [6.45, 7) is 7.19. The number of nitrogens with one attached hydrogen (secondary N) is 1. The normalized spacial score (nSPS) is 9.86. The fourth-order valence-corrected chi connectivity index (χ4v) is 1.86. The number of hydrogen-bond acceptors (Lipinski definition) is 4. The maximum Gasteiger partial charge on any atom is 0.165 e. The van der Waals surface area contributed by atoms with Gasteiger partial charge in [0, 0.05) is 32.2 Å². The van der Waals surface area contributed by atoms with Gasteiger partial charge in [0.25, 0.3) is 0 Å². The number of para-hydroxylation sites is 1. The first-order valence-corrected chi connectivity index (χ1v) is 7.30. The summed E-state index contributed by atoms with van der Waals surface area (Å²) in [6, 6.07) is 5.96. The van der Waals surface area contributed by atoms with Crippen LogP contribution < -0.4 is 14.8 Å². The van der Waals surface area contributed by atoms with Crippen molar-refractivity contribution in [2.45, 2.75) is 26.8 Å². The van der Waals surface area contributed by atoms with Crippen molar-refractivity contribution in [3.8, 4) is 23.3 Å². The maximum absolute atomic E-state index is 5.88. The molecule has 1 aromatic carbocycles. The molecule has 1 rings (SSSR count). The predicted octanol–water partition coefficient (Wildman–Crippen LogP) is 2.61. The minimum atomic E-state index is 0.565. The van der Waals surface area contributed by atoms with Gasteiger partial charge in [0.2, 0.25) is 0 Å². The highest BCUT2D eigenvalue weighted by atomic mass is 16.5. The molecule has 0 bridgehead atoms. The summed E-state index contributed by atoms with van der Waals surface area (Å²) in [6.07, 6.45) is 0.716. The fraction of sp³-hybridized carbons (Fsp3) is 0.529. The molecule has 0 fully saturated rings. The van der Waals surface area contributed by atoms with Gasteiger partial charge in [-0.2, -0.15) is 0 Å². The number of ether oxygens (including phenoxy) is 3. The molecule has 116 valence electrons. The molecule has 0 aliphatic heterocycles. The average molecular weight is 291 g/mol. The second kappa shape index (κ2) is 11.0. The Kier molecular flexibility index (Phi) is 9.10. The molecular formula is C17H25NO3. The van der Waals surface area contributed by atoms with Gasteiger partial charge in [-0.15, -0.1) is 11.8 Å². The lowest BCUT2D eigenvalue weighted by Crippen LogP contribution is -2.19. The van der Waals surface area contributed by atoms with E-state index in [4.69, 9.17) is 14.2 Å². The zero-order valence-electron chi connectivity index (χ0n) is 13.2. The summed E-state index contributed by atoms with van der Waals surface area (Å²) in [5.74, 6) is 7.46. The van der Waals surface area contributed by atoms with Gasteiger partial charge < -0.3 is 19.5 Å². The van der Waals surface area contributed by atoms with Crippen molar-refractivity contribution in [1.29, 1.82) is 0 Å². The van der Waals surface area contributed by atoms with Crippen LogP contribution in [0, 0.1) is 11.8 Å². The lowest BCUT2D eigenvalue weighted by atomic mass is 10.2. The van der Waals surface area contributed by atoms with Crippen LogP contribution in [0.4, 0.5) is 0 Å². The molecule has 0 aliphatic carbocycles. The fourth-order valence-electron chi connectivity index (χ4n) is 1.86. The molecule has 0 aromatic heterocycles. The lowest BCUT2D eigenvalue weighted by molar-refractivity contribution is 0.199. The minimum Gasteiger partial charge on any atom is -0.490 e. The Hall–Kier alpha value is -1.70. The van der Waals surface area contributed by atoms with Crippen LogP contribution in [-0.2, 0) is 11.3 Å². The molecule has 0 unspecified atom stereocenters. The van der Waals surface area contributed by atoms with Gasteiger partial charge in [-0.1, -0.05) is 12.1 Å². The Labute approximate surface area is 127 Å². The topological polar surface area (TPSA) is 39.7 Å². The van der Waals surface area contributed by atoms with Gasteiger partial charge in [-0.05, 0) is 19.9 Å². The zero-order chi connectivity index (χ0) is 15.3. The highest BCUT2D eigenvalue weighted by molar-refractivity contribution is 5.46. The Bertz CT molecular complexity index is 463. The van der Waals surface area contributed by atoms with E-state index >= 15 is 0 Å². The lowest BCUT2D eigenvalue weighted by Gasteiger charge is -2.16. The third kappa shape index (κ3) is 6.52. The molecule has 4 nitrogen and oxygen atoms in total. The van der Waals surface area contributed by atoms with Crippen LogP contribution in [0.1, 0.15) is 25.8 Å². The molecule has 0 spiro atoms. The van der Waals surface area contributed by atoms with Crippen LogP contribution in [0.2, 0.25) is 0 Å². The van der Waals surface area contributed by atoms with E-state index < -0.39 is 0 Å². The van der Waals surface area contributed by atoms with E-state index in [1.807, 2.05) is 32.0 Å². The van der Waals surface area contributed by atoms with Crippen LogP contribution in [0.3, 0.4) is 0 Å². The molecule has 0 saturated heterocycles. The van der Waals surface area contributed by atoms with Crippen LogP contribution in [-0.4, -0.2) is 33.5 Å². The summed E-state index contributed by atoms with van der Waals surface area (Å²) in [4.78, 5) is 0. The van der Waals surface area contributed by atoms with Crippen molar-refractivity contribution >= 4 is 0 Å². The van der Waals surface area contributed by atoms with Crippen molar-refractivity contribution in [2.24, 2.45) is 0 Å². The van der Waals surface area contributed by atoms with Gasteiger partial charge in [0.05, 0.1) is 19.8 Å². The summed E-state index contributed by atoms with van der Waals surface area (Å²) in [5.41, 5.74) is 1.08. The zero-order valence-corrected chi connectivity index (χ0v) is 13.2. The quantitative estimate of drug-likeness (QED) is 0.531. The number of hydrogen-bond donors (Lipinski definition) is 1. The van der Waals surface area contributed by atoms with Gasteiger partial charge in [0.1, 0.15) is 0 Å². The van der Waals surface area contributed by atoms with Crippen molar-refractivity contribution < 1.29 is 14.2 Å². The van der Waals surface area contributed by atoms with E-state index in [0.717, 1.165) is 30.2 Å². The number of methoxy groups -OCH3 is 1. The molecule has 4 heteroatoms. The van der Waals surface area contributed by atoms with Crippen LogP contribution in [0.25, 0.3) is 0 Å². The predicted molar refractivity (Wildman–Crippen MR) is 84.8 cm³/mol. The van der Waals surface area contributed by atoms with E-state index in [-0.39, 0.29) is 0 Å². The van der Waals surface area contributed by atoms with Gasteiger partial charge in [-0.25, -0.2) is 0 Å². The first-order valence-electron chi connectivity index (χ1n) is 7.30. The molecule has 21 heavy (non-hydrogen) atoms. The molecule has 0 amide bonds. The highest BCUT2D eigenvalue weighted by Crippen LogP contribution is 2.31. The van der Waals surface area contributed by atoms with Crippen LogP contribution in [0.15, 0.2) is 18.2 Å². The van der Waals surface area contributed by atoms with E-state index in [0.29, 0.717) is 26.2 Å². The molecule has 1 aromatic rings. The molecule has 1 N–H and O–H groups in total. The molecule has 0 aliphatic rings. The molecule has 0 radical (unpaired) electrons. The largest absolute Gasteiger partial charge is 0.490 e.